The van der Waals surface area contributed by atoms with Crippen LogP contribution in [0.5, 0.6) is 5.75 Å². The molecule has 0 aliphatic heterocycles. The van der Waals surface area contributed by atoms with E-state index in [1.165, 1.54) is 12.8 Å². The predicted octanol–water partition coefficient (Wildman–Crippen LogP) is 4.22. The summed E-state index contributed by atoms with van der Waals surface area (Å²) < 4.78 is 6.42. The van der Waals surface area contributed by atoms with E-state index in [1.54, 1.807) is 7.11 Å². The number of rotatable bonds is 5. The number of ether oxygens (including phenoxy) is 1. The molecular weight excluding hydrogens is 330 g/mol. The van der Waals surface area contributed by atoms with Gasteiger partial charge in [-0.05, 0) is 47.8 Å². The summed E-state index contributed by atoms with van der Waals surface area (Å²) in [5, 5.41) is 3.31. The van der Waals surface area contributed by atoms with Crippen LogP contribution in [0.15, 0.2) is 28.7 Å². The van der Waals surface area contributed by atoms with Crippen LogP contribution in [0.25, 0.3) is 11.4 Å². The molecule has 0 spiro atoms. The monoisotopic (exact) mass is 347 g/mol. The van der Waals surface area contributed by atoms with E-state index in [0.29, 0.717) is 11.7 Å². The molecule has 0 atom stereocenters. The first-order valence-electron chi connectivity index (χ1n) is 7.19. The maximum Gasteiger partial charge on any atom is 0.165 e. The molecular formula is C16H18BrN3O. The zero-order valence-electron chi connectivity index (χ0n) is 12.2. The molecule has 0 unspecified atom stereocenters. The van der Waals surface area contributed by atoms with Gasteiger partial charge in [-0.25, -0.2) is 9.97 Å². The Kier molecular flexibility index (Phi) is 4.10. The summed E-state index contributed by atoms with van der Waals surface area (Å²) in [6.45, 7) is 2.89. The molecule has 1 aromatic carbocycles. The van der Waals surface area contributed by atoms with Crippen molar-refractivity contribution in [3.05, 3.63) is 34.4 Å². The number of hydrogen-bond donors (Lipinski definition) is 1. The van der Waals surface area contributed by atoms with Crippen LogP contribution in [0, 0.1) is 0 Å². The van der Waals surface area contributed by atoms with Gasteiger partial charge < -0.3 is 10.1 Å². The fourth-order valence-electron chi connectivity index (χ4n) is 2.33. The van der Waals surface area contributed by atoms with Crippen LogP contribution in [-0.2, 0) is 0 Å². The van der Waals surface area contributed by atoms with Crippen molar-refractivity contribution >= 4 is 21.7 Å². The van der Waals surface area contributed by atoms with E-state index >= 15 is 0 Å². The number of benzene rings is 1. The fourth-order valence-corrected chi connectivity index (χ4v) is 2.97. The number of hydrogen-bond acceptors (Lipinski definition) is 4. The van der Waals surface area contributed by atoms with Crippen molar-refractivity contribution in [1.29, 1.82) is 0 Å². The van der Waals surface area contributed by atoms with Gasteiger partial charge in [-0.1, -0.05) is 12.1 Å². The molecule has 2 aromatic rings. The Labute approximate surface area is 133 Å². The summed E-state index contributed by atoms with van der Waals surface area (Å²) in [7, 11) is 1.67. The van der Waals surface area contributed by atoms with Gasteiger partial charge >= 0.3 is 0 Å². The number of halogens is 1. The number of nitrogens with one attached hydrogen (secondary N) is 1. The van der Waals surface area contributed by atoms with Gasteiger partial charge in [0.2, 0.25) is 0 Å². The van der Waals surface area contributed by atoms with Crippen LogP contribution in [0.1, 0.15) is 31.4 Å². The molecule has 0 saturated heterocycles. The summed E-state index contributed by atoms with van der Waals surface area (Å²) >= 11 is 3.65. The largest absolute Gasteiger partial charge is 0.496 e. The van der Waals surface area contributed by atoms with E-state index in [0.717, 1.165) is 33.8 Å². The lowest BCUT2D eigenvalue weighted by molar-refractivity contribution is 0.416. The normalized spacial score (nSPS) is 14.0. The maximum atomic E-state index is 5.43. The minimum absolute atomic E-state index is 0.549. The van der Waals surface area contributed by atoms with Gasteiger partial charge in [-0.2, -0.15) is 0 Å². The molecule has 1 fully saturated rings. The highest BCUT2D eigenvalue weighted by molar-refractivity contribution is 9.10. The van der Waals surface area contributed by atoms with Gasteiger partial charge in [-0.3, -0.25) is 0 Å². The Bertz CT molecular complexity index is 656. The summed E-state index contributed by atoms with van der Waals surface area (Å²) in [6, 6.07) is 7.86. The number of nitrogens with zero attached hydrogens (tertiary/aromatic N) is 2. The highest BCUT2D eigenvalue weighted by atomic mass is 79.9. The van der Waals surface area contributed by atoms with Crippen molar-refractivity contribution in [2.45, 2.75) is 25.7 Å². The van der Waals surface area contributed by atoms with Gasteiger partial charge in [0.25, 0.3) is 0 Å². The molecule has 110 valence electrons. The van der Waals surface area contributed by atoms with Gasteiger partial charge in [0.15, 0.2) is 5.82 Å². The second-order valence-electron chi connectivity index (χ2n) is 5.10. The van der Waals surface area contributed by atoms with E-state index in [9.17, 15) is 0 Å². The summed E-state index contributed by atoms with van der Waals surface area (Å²) in [5.41, 5.74) is 2.02. The highest BCUT2D eigenvalue weighted by Gasteiger charge is 2.29. The van der Waals surface area contributed by atoms with Gasteiger partial charge in [0.05, 0.1) is 22.8 Å². The van der Waals surface area contributed by atoms with Crippen molar-refractivity contribution in [2.24, 2.45) is 0 Å². The minimum atomic E-state index is 0.549. The van der Waals surface area contributed by atoms with Gasteiger partial charge in [-0.15, -0.1) is 0 Å². The topological polar surface area (TPSA) is 47.0 Å². The lowest BCUT2D eigenvalue weighted by Gasteiger charge is -2.13. The Morgan fingerprint density at radius 3 is 2.71 bits per heavy atom. The lowest BCUT2D eigenvalue weighted by atomic mass is 10.1. The van der Waals surface area contributed by atoms with Crippen LogP contribution >= 0.6 is 15.9 Å². The molecule has 0 bridgehead atoms. The van der Waals surface area contributed by atoms with Crippen molar-refractivity contribution in [3.8, 4) is 17.1 Å². The third kappa shape index (κ3) is 2.88. The van der Waals surface area contributed by atoms with Crippen molar-refractivity contribution in [1.82, 2.24) is 9.97 Å². The van der Waals surface area contributed by atoms with Crippen molar-refractivity contribution in [3.63, 3.8) is 0 Å². The summed E-state index contributed by atoms with van der Waals surface area (Å²) in [6.07, 6.45) is 2.40. The van der Waals surface area contributed by atoms with Crippen LogP contribution in [0.3, 0.4) is 0 Å². The number of methoxy groups -OCH3 is 1. The molecule has 0 amide bonds. The standard InChI is InChI=1S/C16H18BrN3O/c1-3-18-16-13(17)14(10-8-9-10)19-15(20-16)11-6-4-5-7-12(11)21-2/h4-7,10H,3,8-9H2,1-2H3,(H,18,19,20). The Morgan fingerprint density at radius 2 is 2.05 bits per heavy atom. The van der Waals surface area contributed by atoms with E-state index in [2.05, 4.69) is 33.2 Å². The zero-order valence-corrected chi connectivity index (χ0v) is 13.8. The second kappa shape index (κ2) is 6.02. The van der Waals surface area contributed by atoms with Crippen molar-refractivity contribution in [2.75, 3.05) is 19.0 Å². The van der Waals surface area contributed by atoms with Gasteiger partial charge in [0, 0.05) is 12.5 Å². The third-order valence-electron chi connectivity index (χ3n) is 3.53. The van der Waals surface area contributed by atoms with E-state index in [-0.39, 0.29) is 0 Å². The number of anilines is 1. The van der Waals surface area contributed by atoms with Crippen LogP contribution in [0.4, 0.5) is 5.82 Å². The first-order chi connectivity index (χ1) is 10.2. The summed E-state index contributed by atoms with van der Waals surface area (Å²) in [5.74, 6) is 2.92. The average Bonchev–Trinajstić information content (AvgIpc) is 3.34. The molecule has 21 heavy (non-hydrogen) atoms. The predicted molar refractivity (Wildman–Crippen MR) is 87.9 cm³/mol. The SMILES string of the molecule is CCNc1nc(-c2ccccc2OC)nc(C2CC2)c1Br. The quantitative estimate of drug-likeness (QED) is 0.879. The molecule has 1 aromatic heterocycles. The van der Waals surface area contributed by atoms with Crippen LogP contribution in [0.2, 0.25) is 0 Å². The van der Waals surface area contributed by atoms with Crippen molar-refractivity contribution < 1.29 is 4.74 Å². The maximum absolute atomic E-state index is 5.43. The second-order valence-corrected chi connectivity index (χ2v) is 5.89. The molecule has 4 nitrogen and oxygen atoms in total. The van der Waals surface area contributed by atoms with Gasteiger partial charge in [0.1, 0.15) is 11.6 Å². The molecule has 0 radical (unpaired) electrons. The average molecular weight is 348 g/mol. The molecule has 1 N–H and O–H groups in total. The number of para-hydroxylation sites is 1. The number of aromatic nitrogens is 2. The minimum Gasteiger partial charge on any atom is -0.496 e. The first-order valence-corrected chi connectivity index (χ1v) is 7.98. The molecule has 1 heterocycles. The fraction of sp³-hybridized carbons (Fsp3) is 0.375. The van der Waals surface area contributed by atoms with E-state index < -0.39 is 0 Å². The zero-order chi connectivity index (χ0) is 14.8. The van der Waals surface area contributed by atoms with Crippen LogP contribution in [-0.4, -0.2) is 23.6 Å². The molecule has 1 aliphatic rings. The van der Waals surface area contributed by atoms with E-state index in [1.807, 2.05) is 24.3 Å². The molecule has 5 heteroatoms. The third-order valence-corrected chi connectivity index (χ3v) is 4.31. The molecule has 1 saturated carbocycles. The van der Waals surface area contributed by atoms with Crippen LogP contribution < -0.4 is 10.1 Å². The highest BCUT2D eigenvalue weighted by Crippen LogP contribution is 2.44. The molecule has 1 aliphatic carbocycles. The Morgan fingerprint density at radius 1 is 1.29 bits per heavy atom. The Hall–Kier alpha value is -1.62. The first kappa shape index (κ1) is 14.3. The lowest BCUT2D eigenvalue weighted by Crippen LogP contribution is -2.06. The van der Waals surface area contributed by atoms with E-state index in [4.69, 9.17) is 9.72 Å². The smallest absolute Gasteiger partial charge is 0.165 e. The Balaban J connectivity index is 2.13. The molecule has 3 rings (SSSR count). The summed E-state index contributed by atoms with van der Waals surface area (Å²) in [4.78, 5) is 9.44.